The summed E-state index contributed by atoms with van der Waals surface area (Å²) in [6.07, 6.45) is -1.87. The number of nitrogens with one attached hydrogen (secondary N) is 2. The Hall–Kier alpha value is -2.75. The van der Waals surface area contributed by atoms with Crippen molar-refractivity contribution in [3.63, 3.8) is 0 Å². The van der Waals surface area contributed by atoms with Crippen molar-refractivity contribution in [1.29, 1.82) is 0 Å². The molecule has 0 bridgehead atoms. The summed E-state index contributed by atoms with van der Waals surface area (Å²) in [4.78, 5) is 12.7. The maximum atomic E-state index is 13.8. The van der Waals surface area contributed by atoms with Crippen LogP contribution in [0.1, 0.15) is 47.3 Å². The van der Waals surface area contributed by atoms with Crippen LogP contribution in [0.4, 0.5) is 19.0 Å². The molecule has 0 spiro atoms. The molecule has 1 amide bonds. The lowest BCUT2D eigenvalue weighted by Crippen LogP contribution is -2.37. The van der Waals surface area contributed by atoms with Crippen molar-refractivity contribution < 1.29 is 27.4 Å². The van der Waals surface area contributed by atoms with Crippen LogP contribution in [-0.2, 0) is 4.74 Å². The van der Waals surface area contributed by atoms with Crippen LogP contribution < -0.4 is 15.4 Å². The SMILES string of the molecule is COc1cccc([C@@H]2C[C@H](C(F)(F)F)n3ncc(C(=O)NC[C@H]4CCCO4)c3N2)c1. The van der Waals surface area contributed by atoms with Crippen molar-refractivity contribution in [2.75, 3.05) is 25.6 Å². The highest BCUT2D eigenvalue weighted by Crippen LogP contribution is 2.44. The molecule has 0 radical (unpaired) electrons. The molecule has 3 heterocycles. The number of alkyl halides is 3. The zero-order valence-corrected chi connectivity index (χ0v) is 16.4. The number of benzene rings is 1. The Kier molecular flexibility index (Phi) is 5.59. The van der Waals surface area contributed by atoms with Crippen molar-refractivity contribution in [2.45, 2.75) is 43.6 Å². The third-order valence-electron chi connectivity index (χ3n) is 5.49. The van der Waals surface area contributed by atoms with E-state index in [4.69, 9.17) is 9.47 Å². The molecule has 3 atom stereocenters. The van der Waals surface area contributed by atoms with Crippen molar-refractivity contribution in [3.8, 4) is 5.75 Å². The van der Waals surface area contributed by atoms with E-state index in [9.17, 15) is 18.0 Å². The second-order valence-electron chi connectivity index (χ2n) is 7.46. The molecule has 1 aromatic heterocycles. The fraction of sp³-hybridized carbons (Fsp3) is 0.500. The number of hydrogen-bond acceptors (Lipinski definition) is 5. The number of amides is 1. The first-order valence-electron chi connectivity index (χ1n) is 9.81. The molecule has 0 saturated carbocycles. The summed E-state index contributed by atoms with van der Waals surface area (Å²) in [5, 5.41) is 9.71. The second-order valence-corrected chi connectivity index (χ2v) is 7.46. The van der Waals surface area contributed by atoms with Crippen LogP contribution >= 0.6 is 0 Å². The third kappa shape index (κ3) is 4.09. The van der Waals surface area contributed by atoms with Crippen molar-refractivity contribution in [2.24, 2.45) is 0 Å². The number of rotatable bonds is 5. The number of ether oxygens (including phenoxy) is 2. The standard InChI is InChI=1S/C20H23F3N4O3/c1-29-13-5-2-4-12(8-13)16-9-17(20(21,22)23)27-18(26-16)15(11-25-27)19(28)24-10-14-6-3-7-30-14/h2,4-5,8,11,14,16-17,26H,3,6-7,9-10H2,1H3,(H,24,28)/t14-,16+,17-/m1/s1. The summed E-state index contributed by atoms with van der Waals surface area (Å²) in [7, 11) is 1.50. The predicted octanol–water partition coefficient (Wildman–Crippen LogP) is 3.46. The van der Waals surface area contributed by atoms with Crippen LogP contribution in [0.15, 0.2) is 30.5 Å². The molecule has 2 aromatic rings. The maximum absolute atomic E-state index is 13.8. The Morgan fingerprint density at radius 1 is 1.43 bits per heavy atom. The Labute approximate surface area is 171 Å². The van der Waals surface area contributed by atoms with E-state index in [0.29, 0.717) is 24.5 Å². The van der Waals surface area contributed by atoms with E-state index < -0.39 is 24.2 Å². The van der Waals surface area contributed by atoms with E-state index in [1.54, 1.807) is 24.3 Å². The van der Waals surface area contributed by atoms with Crippen LogP contribution in [0.3, 0.4) is 0 Å². The van der Waals surface area contributed by atoms with Crippen molar-refractivity contribution >= 4 is 11.7 Å². The van der Waals surface area contributed by atoms with E-state index in [2.05, 4.69) is 15.7 Å². The van der Waals surface area contributed by atoms with Gasteiger partial charge in [0, 0.05) is 19.6 Å². The minimum Gasteiger partial charge on any atom is -0.497 e. The Morgan fingerprint density at radius 3 is 2.97 bits per heavy atom. The van der Waals surface area contributed by atoms with Gasteiger partial charge >= 0.3 is 6.18 Å². The van der Waals surface area contributed by atoms with Gasteiger partial charge in [-0.2, -0.15) is 18.3 Å². The van der Waals surface area contributed by atoms with Gasteiger partial charge in [0.25, 0.3) is 5.91 Å². The van der Waals surface area contributed by atoms with Crippen LogP contribution in [0, 0.1) is 0 Å². The number of nitrogens with zero attached hydrogens (tertiary/aromatic N) is 2. The lowest BCUT2D eigenvalue weighted by Gasteiger charge is -2.34. The zero-order chi connectivity index (χ0) is 21.3. The summed E-state index contributed by atoms with van der Waals surface area (Å²) >= 11 is 0. The summed E-state index contributed by atoms with van der Waals surface area (Å²) in [5.74, 6) is 0.124. The lowest BCUT2D eigenvalue weighted by atomic mass is 9.96. The molecule has 1 aromatic carbocycles. The topological polar surface area (TPSA) is 77.4 Å². The van der Waals surface area contributed by atoms with Crippen molar-refractivity contribution in [1.82, 2.24) is 15.1 Å². The van der Waals surface area contributed by atoms with E-state index in [0.717, 1.165) is 17.5 Å². The minimum absolute atomic E-state index is 0.0567. The normalized spacial score (nSPS) is 23.5. The number of halogens is 3. The van der Waals surface area contributed by atoms with Crippen molar-refractivity contribution in [3.05, 3.63) is 41.6 Å². The summed E-state index contributed by atoms with van der Waals surface area (Å²) in [6.45, 7) is 0.965. The average Bonchev–Trinajstić information content (AvgIpc) is 3.40. The molecule has 1 fully saturated rings. The Balaban J connectivity index is 1.61. The van der Waals surface area contributed by atoms with Crippen LogP contribution in [0.25, 0.3) is 0 Å². The summed E-state index contributed by atoms with van der Waals surface area (Å²) < 4.78 is 52.9. The molecule has 0 aliphatic carbocycles. The number of carbonyl (C=O) groups excluding carboxylic acids is 1. The number of carbonyl (C=O) groups is 1. The molecule has 7 nitrogen and oxygen atoms in total. The van der Waals surface area contributed by atoms with Gasteiger partial charge in [-0.05, 0) is 30.5 Å². The van der Waals surface area contributed by atoms with E-state index in [-0.39, 0.29) is 23.9 Å². The predicted molar refractivity (Wildman–Crippen MR) is 103 cm³/mol. The number of hydrogen-bond donors (Lipinski definition) is 2. The highest BCUT2D eigenvalue weighted by atomic mass is 19.4. The zero-order valence-electron chi connectivity index (χ0n) is 16.4. The Bertz CT molecular complexity index is 909. The van der Waals surface area contributed by atoms with Gasteiger partial charge in [-0.25, -0.2) is 4.68 Å². The molecule has 0 unspecified atom stereocenters. The molecule has 2 N–H and O–H groups in total. The van der Waals surface area contributed by atoms with Crippen LogP contribution in [0.5, 0.6) is 5.75 Å². The highest BCUT2D eigenvalue weighted by Gasteiger charge is 2.47. The molecule has 4 rings (SSSR count). The number of anilines is 1. The van der Waals surface area contributed by atoms with E-state index in [1.807, 2.05) is 0 Å². The van der Waals surface area contributed by atoms with Crippen LogP contribution in [0.2, 0.25) is 0 Å². The molecular formula is C20H23F3N4O3. The monoisotopic (exact) mass is 424 g/mol. The average molecular weight is 424 g/mol. The molecule has 2 aliphatic rings. The molecule has 162 valence electrons. The summed E-state index contributed by atoms with van der Waals surface area (Å²) in [5.41, 5.74) is 0.719. The third-order valence-corrected chi connectivity index (χ3v) is 5.49. The van der Waals surface area contributed by atoms with Gasteiger partial charge in [-0.15, -0.1) is 0 Å². The maximum Gasteiger partial charge on any atom is 0.410 e. The van der Waals surface area contributed by atoms with E-state index >= 15 is 0 Å². The largest absolute Gasteiger partial charge is 0.497 e. The minimum atomic E-state index is -4.51. The lowest BCUT2D eigenvalue weighted by molar-refractivity contribution is -0.173. The first kappa shape index (κ1) is 20.5. The van der Waals surface area contributed by atoms with Gasteiger partial charge in [0.05, 0.1) is 25.5 Å². The molecule has 30 heavy (non-hydrogen) atoms. The second kappa shape index (κ2) is 8.17. The van der Waals surface area contributed by atoms with Gasteiger partial charge in [0.15, 0.2) is 6.04 Å². The van der Waals surface area contributed by atoms with Gasteiger partial charge in [-0.3, -0.25) is 4.79 Å². The summed E-state index contributed by atoms with van der Waals surface area (Å²) in [6, 6.07) is 4.37. The van der Waals surface area contributed by atoms with Crippen LogP contribution in [-0.4, -0.2) is 48.2 Å². The molecule has 2 aliphatic heterocycles. The fourth-order valence-corrected chi connectivity index (χ4v) is 3.91. The van der Waals surface area contributed by atoms with E-state index in [1.165, 1.54) is 13.3 Å². The number of aromatic nitrogens is 2. The first-order chi connectivity index (χ1) is 14.4. The molecule has 1 saturated heterocycles. The number of methoxy groups -OCH3 is 1. The fourth-order valence-electron chi connectivity index (χ4n) is 3.91. The smallest absolute Gasteiger partial charge is 0.410 e. The number of fused-ring (bicyclic) bond motifs is 1. The van der Waals surface area contributed by atoms with Gasteiger partial charge in [-0.1, -0.05) is 12.1 Å². The molecule has 10 heteroatoms. The van der Waals surface area contributed by atoms with Gasteiger partial charge < -0.3 is 20.1 Å². The quantitative estimate of drug-likeness (QED) is 0.769. The Morgan fingerprint density at radius 2 is 2.27 bits per heavy atom. The van der Waals surface area contributed by atoms with Gasteiger partial charge in [0.1, 0.15) is 17.1 Å². The first-order valence-corrected chi connectivity index (χ1v) is 9.81. The molecular weight excluding hydrogens is 401 g/mol. The highest BCUT2D eigenvalue weighted by molar-refractivity contribution is 5.98. The van der Waals surface area contributed by atoms with Gasteiger partial charge in [0.2, 0.25) is 0 Å².